The van der Waals surface area contributed by atoms with E-state index in [0.717, 1.165) is 23.0 Å². The second-order valence-corrected chi connectivity index (χ2v) is 3.96. The first-order valence-corrected chi connectivity index (χ1v) is 5.86. The summed E-state index contributed by atoms with van der Waals surface area (Å²) in [7, 11) is 0. The molecule has 0 radical (unpaired) electrons. The average molecular weight is 232 g/mol. The van der Waals surface area contributed by atoms with Crippen molar-refractivity contribution in [3.8, 4) is 0 Å². The van der Waals surface area contributed by atoms with E-state index in [0.29, 0.717) is 12.4 Å². The van der Waals surface area contributed by atoms with Crippen LogP contribution in [0.5, 0.6) is 0 Å². The number of carbonyl (C=O) groups excluding carboxylic acids is 1. The van der Waals surface area contributed by atoms with Crippen LogP contribution in [0.15, 0.2) is 22.6 Å². The summed E-state index contributed by atoms with van der Waals surface area (Å²) in [5.74, 6) is -0.0747. The highest BCUT2D eigenvalue weighted by Crippen LogP contribution is 2.26. The second-order valence-electron chi connectivity index (χ2n) is 3.96. The van der Waals surface area contributed by atoms with E-state index in [2.05, 4.69) is 13.0 Å². The molecule has 17 heavy (non-hydrogen) atoms. The van der Waals surface area contributed by atoms with E-state index < -0.39 is 0 Å². The summed E-state index contributed by atoms with van der Waals surface area (Å²) in [6, 6.07) is 5.99. The molecule has 0 atom stereocenters. The monoisotopic (exact) mass is 232 g/mol. The number of fused-ring (bicyclic) bond motifs is 1. The molecule has 1 heterocycles. The average Bonchev–Trinajstić information content (AvgIpc) is 2.67. The van der Waals surface area contributed by atoms with E-state index in [1.807, 2.05) is 19.1 Å². The lowest BCUT2D eigenvalue weighted by Crippen LogP contribution is -2.04. The second kappa shape index (κ2) is 4.62. The first-order valence-electron chi connectivity index (χ1n) is 5.86. The number of carbonyl (C=O) groups is 1. The van der Waals surface area contributed by atoms with Gasteiger partial charge in [-0.25, -0.2) is 4.79 Å². The predicted octanol–water partition coefficient (Wildman–Crippen LogP) is 3.48. The maximum Gasteiger partial charge on any atom is 0.374 e. The Balaban J connectivity index is 2.53. The first kappa shape index (κ1) is 11.7. The van der Waals surface area contributed by atoms with Gasteiger partial charge in [-0.15, -0.1) is 0 Å². The third-order valence-corrected chi connectivity index (χ3v) is 2.87. The number of rotatable bonds is 3. The van der Waals surface area contributed by atoms with Crippen molar-refractivity contribution in [2.75, 3.05) is 6.61 Å². The Morgan fingerprint density at radius 1 is 1.35 bits per heavy atom. The van der Waals surface area contributed by atoms with E-state index in [1.165, 1.54) is 5.56 Å². The van der Waals surface area contributed by atoms with Gasteiger partial charge in [-0.3, -0.25) is 0 Å². The van der Waals surface area contributed by atoms with Gasteiger partial charge in [-0.1, -0.05) is 13.0 Å². The number of furan rings is 1. The van der Waals surface area contributed by atoms with Crippen LogP contribution in [0.4, 0.5) is 0 Å². The van der Waals surface area contributed by atoms with Crippen LogP contribution in [0, 0.1) is 6.92 Å². The maximum atomic E-state index is 11.7. The van der Waals surface area contributed by atoms with Crippen LogP contribution in [0.2, 0.25) is 0 Å². The molecule has 0 aliphatic carbocycles. The highest BCUT2D eigenvalue weighted by molar-refractivity contribution is 5.96. The molecule has 0 N–H and O–H groups in total. The van der Waals surface area contributed by atoms with Crippen molar-refractivity contribution in [1.82, 2.24) is 0 Å². The predicted molar refractivity (Wildman–Crippen MR) is 66.3 cm³/mol. The van der Waals surface area contributed by atoms with Gasteiger partial charge in [0.2, 0.25) is 5.76 Å². The van der Waals surface area contributed by atoms with Gasteiger partial charge in [-0.2, -0.15) is 0 Å². The number of aryl methyl sites for hydroxylation is 2. The highest BCUT2D eigenvalue weighted by Gasteiger charge is 2.18. The largest absolute Gasteiger partial charge is 0.460 e. The Bertz CT molecular complexity index is 552. The summed E-state index contributed by atoms with van der Waals surface area (Å²) in [5, 5.41) is 0.993. The van der Waals surface area contributed by atoms with Crippen molar-refractivity contribution in [3.05, 3.63) is 35.1 Å². The SMILES string of the molecule is CCOC(=O)c1oc2ccc(CC)cc2c1C. The molecule has 1 aromatic heterocycles. The highest BCUT2D eigenvalue weighted by atomic mass is 16.5. The van der Waals surface area contributed by atoms with Crippen molar-refractivity contribution in [2.45, 2.75) is 27.2 Å². The Morgan fingerprint density at radius 2 is 2.12 bits per heavy atom. The van der Waals surface area contributed by atoms with Gasteiger partial charge in [0.15, 0.2) is 0 Å². The summed E-state index contributed by atoms with van der Waals surface area (Å²) in [6.07, 6.45) is 0.968. The molecule has 2 aromatic rings. The lowest BCUT2D eigenvalue weighted by atomic mass is 10.1. The zero-order valence-corrected chi connectivity index (χ0v) is 10.4. The molecule has 0 saturated carbocycles. The molecular formula is C14H16O3. The maximum absolute atomic E-state index is 11.7. The van der Waals surface area contributed by atoms with Gasteiger partial charge in [0.1, 0.15) is 5.58 Å². The van der Waals surface area contributed by atoms with Gasteiger partial charge in [0.25, 0.3) is 0 Å². The van der Waals surface area contributed by atoms with Gasteiger partial charge in [0.05, 0.1) is 6.61 Å². The summed E-state index contributed by atoms with van der Waals surface area (Å²) in [5.41, 5.74) is 2.83. The summed E-state index contributed by atoms with van der Waals surface area (Å²) >= 11 is 0. The van der Waals surface area contributed by atoms with Crippen molar-refractivity contribution in [1.29, 1.82) is 0 Å². The fraction of sp³-hybridized carbons (Fsp3) is 0.357. The van der Waals surface area contributed by atoms with Crippen molar-refractivity contribution in [3.63, 3.8) is 0 Å². The Kier molecular flexibility index (Phi) is 3.18. The fourth-order valence-electron chi connectivity index (χ4n) is 1.88. The molecule has 0 spiro atoms. The van der Waals surface area contributed by atoms with Crippen LogP contribution in [0.25, 0.3) is 11.0 Å². The smallest absolute Gasteiger partial charge is 0.374 e. The van der Waals surface area contributed by atoms with E-state index >= 15 is 0 Å². The number of benzene rings is 1. The molecular weight excluding hydrogens is 216 g/mol. The van der Waals surface area contributed by atoms with E-state index in [4.69, 9.17) is 9.15 Å². The Morgan fingerprint density at radius 3 is 2.76 bits per heavy atom. The molecule has 0 aliphatic rings. The Hall–Kier alpha value is -1.77. The zero-order chi connectivity index (χ0) is 12.4. The number of hydrogen-bond acceptors (Lipinski definition) is 3. The lowest BCUT2D eigenvalue weighted by molar-refractivity contribution is 0.0491. The summed E-state index contributed by atoms with van der Waals surface area (Å²) < 4.78 is 10.5. The van der Waals surface area contributed by atoms with Crippen molar-refractivity contribution in [2.24, 2.45) is 0 Å². The molecule has 0 unspecified atom stereocenters. The van der Waals surface area contributed by atoms with Crippen molar-refractivity contribution < 1.29 is 13.9 Å². The summed E-state index contributed by atoms with van der Waals surface area (Å²) in [4.78, 5) is 11.7. The molecule has 0 saturated heterocycles. The van der Waals surface area contributed by atoms with E-state index in [9.17, 15) is 4.79 Å². The van der Waals surface area contributed by atoms with Gasteiger partial charge in [0, 0.05) is 10.9 Å². The standard InChI is InChI=1S/C14H16O3/c1-4-10-6-7-12-11(8-10)9(3)13(17-12)14(15)16-5-2/h6-8H,4-5H2,1-3H3. The van der Waals surface area contributed by atoms with Gasteiger partial charge < -0.3 is 9.15 Å². The van der Waals surface area contributed by atoms with Gasteiger partial charge >= 0.3 is 5.97 Å². The zero-order valence-electron chi connectivity index (χ0n) is 10.4. The topological polar surface area (TPSA) is 39.4 Å². The third-order valence-electron chi connectivity index (χ3n) is 2.87. The molecule has 1 aromatic carbocycles. The Labute approximate surface area is 100 Å². The van der Waals surface area contributed by atoms with Gasteiger partial charge in [-0.05, 0) is 38.0 Å². The quantitative estimate of drug-likeness (QED) is 0.760. The number of esters is 1. The van der Waals surface area contributed by atoms with Crippen LogP contribution >= 0.6 is 0 Å². The molecule has 0 aliphatic heterocycles. The normalized spacial score (nSPS) is 10.8. The fourth-order valence-corrected chi connectivity index (χ4v) is 1.88. The minimum absolute atomic E-state index is 0.315. The van der Waals surface area contributed by atoms with Crippen LogP contribution in [-0.4, -0.2) is 12.6 Å². The summed E-state index contributed by atoms with van der Waals surface area (Å²) in [6.45, 7) is 6.13. The van der Waals surface area contributed by atoms with Crippen LogP contribution in [0.1, 0.15) is 35.5 Å². The van der Waals surface area contributed by atoms with E-state index in [1.54, 1.807) is 6.92 Å². The molecule has 90 valence electrons. The van der Waals surface area contributed by atoms with E-state index in [-0.39, 0.29) is 5.97 Å². The minimum atomic E-state index is -0.390. The molecule has 0 amide bonds. The molecule has 0 fully saturated rings. The van der Waals surface area contributed by atoms with Crippen LogP contribution in [-0.2, 0) is 11.2 Å². The first-order chi connectivity index (χ1) is 8.17. The molecule has 2 rings (SSSR count). The number of hydrogen-bond donors (Lipinski definition) is 0. The number of ether oxygens (including phenoxy) is 1. The third kappa shape index (κ3) is 2.05. The van der Waals surface area contributed by atoms with Crippen LogP contribution in [0.3, 0.4) is 0 Å². The minimum Gasteiger partial charge on any atom is -0.460 e. The molecule has 3 heteroatoms. The van der Waals surface area contributed by atoms with Crippen molar-refractivity contribution >= 4 is 16.9 Å². The molecule has 3 nitrogen and oxygen atoms in total. The lowest BCUT2D eigenvalue weighted by Gasteiger charge is -1.98. The molecule has 0 bridgehead atoms. The van der Waals surface area contributed by atoms with Crippen LogP contribution < -0.4 is 0 Å².